The second-order valence-electron chi connectivity index (χ2n) is 9.04. The summed E-state index contributed by atoms with van der Waals surface area (Å²) in [5.41, 5.74) is 3.05. The molecule has 1 amide bonds. The van der Waals surface area contributed by atoms with Crippen LogP contribution in [0.4, 0.5) is 0 Å². The maximum atomic E-state index is 12.0. The summed E-state index contributed by atoms with van der Waals surface area (Å²) < 4.78 is 19.3. The Labute approximate surface area is 195 Å². The van der Waals surface area contributed by atoms with Crippen LogP contribution >= 0.6 is 0 Å². The zero-order valence-electron chi connectivity index (χ0n) is 19.3. The summed E-state index contributed by atoms with van der Waals surface area (Å²) in [5, 5.41) is 2.96. The summed E-state index contributed by atoms with van der Waals surface area (Å²) in [5.74, 6) is -0.00919. The lowest BCUT2D eigenvalue weighted by molar-refractivity contribution is -0.145. The lowest BCUT2D eigenvalue weighted by Crippen LogP contribution is -2.51. The maximum Gasteiger partial charge on any atom is 0.234 e. The van der Waals surface area contributed by atoms with Gasteiger partial charge in [0.25, 0.3) is 0 Å². The van der Waals surface area contributed by atoms with E-state index in [4.69, 9.17) is 14.2 Å². The van der Waals surface area contributed by atoms with E-state index < -0.39 is 5.79 Å². The first-order chi connectivity index (χ1) is 16.2. The van der Waals surface area contributed by atoms with Gasteiger partial charge in [0.2, 0.25) is 11.7 Å². The first-order valence-electron chi connectivity index (χ1n) is 12.0. The minimum Gasteiger partial charge on any atom is -0.488 e. The van der Waals surface area contributed by atoms with Crippen LogP contribution in [0.15, 0.2) is 48.5 Å². The lowest BCUT2D eigenvalue weighted by atomic mass is 9.93. The third-order valence-electron chi connectivity index (χ3n) is 6.67. The van der Waals surface area contributed by atoms with Gasteiger partial charge in [0.1, 0.15) is 12.4 Å². The average Bonchev–Trinajstić information content (AvgIpc) is 3.21. The van der Waals surface area contributed by atoms with Crippen LogP contribution in [0.2, 0.25) is 0 Å². The molecular formula is C26H33N3O4. The Morgan fingerprint density at radius 2 is 1.76 bits per heavy atom. The molecular weight excluding hydrogens is 418 g/mol. The van der Waals surface area contributed by atoms with Crippen LogP contribution in [0.5, 0.6) is 5.75 Å². The number of nitrogens with one attached hydrogen (secondary N) is 1. The van der Waals surface area contributed by atoms with Crippen molar-refractivity contribution in [1.29, 1.82) is 0 Å². The number of carbonyl (C=O) groups excluding carboxylic acids is 1. The number of nitrogens with zero attached hydrogens (tertiary/aromatic N) is 2. The molecule has 2 aromatic carbocycles. The Morgan fingerprint density at radius 3 is 2.58 bits per heavy atom. The van der Waals surface area contributed by atoms with Crippen LogP contribution < -0.4 is 10.1 Å². The summed E-state index contributed by atoms with van der Waals surface area (Å²) in [4.78, 5) is 16.7. The van der Waals surface area contributed by atoms with Gasteiger partial charge in [-0.25, -0.2) is 0 Å². The molecule has 1 spiro atoms. The van der Waals surface area contributed by atoms with E-state index in [1.54, 1.807) is 0 Å². The molecule has 2 atom stereocenters. The molecule has 0 aliphatic carbocycles. The predicted octanol–water partition coefficient (Wildman–Crippen LogP) is 2.34. The maximum absolute atomic E-state index is 12.0. The summed E-state index contributed by atoms with van der Waals surface area (Å²) in [6.07, 6.45) is 0.926. The van der Waals surface area contributed by atoms with E-state index in [1.165, 1.54) is 0 Å². The molecule has 33 heavy (non-hydrogen) atoms. The summed E-state index contributed by atoms with van der Waals surface area (Å²) in [6.45, 7) is 8.75. The van der Waals surface area contributed by atoms with Gasteiger partial charge in [-0.05, 0) is 24.1 Å². The average molecular weight is 452 g/mol. The highest BCUT2D eigenvalue weighted by Gasteiger charge is 2.49. The highest BCUT2D eigenvalue weighted by molar-refractivity contribution is 5.77. The standard InChI is InChI=1S/C26H33N3O4/c1-2-11-27-25(30)17-29-14-12-28(13-15-29)16-21-19-32-26(33-21)22-8-4-3-7-20(22)18-31-24-10-6-5-9-23(24)26/h3-10,21H,2,11-19H2,1H3,(H,27,30). The number of piperazine rings is 1. The zero-order chi connectivity index (χ0) is 22.7. The number of amides is 1. The van der Waals surface area contributed by atoms with Gasteiger partial charge >= 0.3 is 0 Å². The third kappa shape index (κ3) is 4.64. The zero-order valence-corrected chi connectivity index (χ0v) is 19.3. The fourth-order valence-electron chi connectivity index (χ4n) is 4.96. The monoisotopic (exact) mass is 451 g/mol. The Balaban J connectivity index is 1.25. The van der Waals surface area contributed by atoms with Gasteiger partial charge in [-0.1, -0.05) is 43.3 Å². The number of para-hydroxylation sites is 1. The van der Waals surface area contributed by atoms with Crippen LogP contribution in [0.1, 0.15) is 30.0 Å². The van der Waals surface area contributed by atoms with E-state index in [9.17, 15) is 4.79 Å². The molecule has 2 aromatic rings. The van der Waals surface area contributed by atoms with Crippen LogP contribution in [0, 0.1) is 0 Å². The first kappa shape index (κ1) is 22.3. The SMILES string of the molecule is CCCNC(=O)CN1CCN(CC2COC3(O2)c2ccccc2COc2ccccc23)CC1. The van der Waals surface area contributed by atoms with Crippen molar-refractivity contribution in [3.8, 4) is 5.75 Å². The van der Waals surface area contributed by atoms with Crippen molar-refractivity contribution >= 4 is 5.91 Å². The summed E-state index contributed by atoms with van der Waals surface area (Å²) in [7, 11) is 0. The van der Waals surface area contributed by atoms with E-state index in [0.29, 0.717) is 19.8 Å². The van der Waals surface area contributed by atoms with Gasteiger partial charge in [-0.2, -0.15) is 0 Å². The highest BCUT2D eigenvalue weighted by atomic mass is 16.7. The third-order valence-corrected chi connectivity index (χ3v) is 6.67. The minimum atomic E-state index is -0.937. The van der Waals surface area contributed by atoms with E-state index >= 15 is 0 Å². The largest absolute Gasteiger partial charge is 0.488 e. The molecule has 7 heteroatoms. The minimum absolute atomic E-state index is 0.0383. The normalized spacial score (nSPS) is 25.2. The van der Waals surface area contributed by atoms with Crippen molar-refractivity contribution in [3.63, 3.8) is 0 Å². The number of hydrogen-bond acceptors (Lipinski definition) is 6. The molecule has 7 nitrogen and oxygen atoms in total. The van der Waals surface area contributed by atoms with Crippen molar-refractivity contribution in [1.82, 2.24) is 15.1 Å². The number of fused-ring (bicyclic) bond motifs is 4. The molecule has 2 fully saturated rings. The molecule has 3 heterocycles. The molecule has 0 saturated carbocycles. The fourth-order valence-corrected chi connectivity index (χ4v) is 4.96. The molecule has 176 valence electrons. The Morgan fingerprint density at radius 1 is 1.03 bits per heavy atom. The highest BCUT2D eigenvalue weighted by Crippen LogP contribution is 2.47. The Kier molecular flexibility index (Phi) is 6.64. The lowest BCUT2D eigenvalue weighted by Gasteiger charge is -2.35. The molecule has 2 saturated heterocycles. The second kappa shape index (κ2) is 9.81. The number of benzene rings is 2. The van der Waals surface area contributed by atoms with E-state index in [2.05, 4.69) is 34.2 Å². The smallest absolute Gasteiger partial charge is 0.234 e. The van der Waals surface area contributed by atoms with Gasteiger partial charge in [-0.3, -0.25) is 14.6 Å². The molecule has 0 bridgehead atoms. The molecule has 0 radical (unpaired) electrons. The van der Waals surface area contributed by atoms with Crippen molar-refractivity contribution in [2.45, 2.75) is 31.8 Å². The van der Waals surface area contributed by atoms with Crippen LogP contribution in [0.3, 0.4) is 0 Å². The molecule has 3 aliphatic heterocycles. The van der Waals surface area contributed by atoms with Crippen molar-refractivity contribution in [2.75, 3.05) is 52.4 Å². The number of hydrogen-bond donors (Lipinski definition) is 1. The second-order valence-corrected chi connectivity index (χ2v) is 9.04. The van der Waals surface area contributed by atoms with E-state index in [1.807, 2.05) is 36.4 Å². The van der Waals surface area contributed by atoms with E-state index in [0.717, 1.165) is 68.1 Å². The molecule has 5 rings (SSSR count). The fraction of sp³-hybridized carbons (Fsp3) is 0.500. The van der Waals surface area contributed by atoms with Gasteiger partial charge in [0.15, 0.2) is 0 Å². The summed E-state index contributed by atoms with van der Waals surface area (Å²) in [6, 6.07) is 16.3. The van der Waals surface area contributed by atoms with E-state index in [-0.39, 0.29) is 12.0 Å². The predicted molar refractivity (Wildman–Crippen MR) is 125 cm³/mol. The summed E-state index contributed by atoms with van der Waals surface area (Å²) >= 11 is 0. The van der Waals surface area contributed by atoms with Crippen molar-refractivity contribution in [3.05, 3.63) is 65.2 Å². The van der Waals surface area contributed by atoms with Gasteiger partial charge < -0.3 is 19.5 Å². The van der Waals surface area contributed by atoms with Crippen molar-refractivity contribution < 1.29 is 19.0 Å². The number of rotatable bonds is 6. The Bertz CT molecular complexity index is 926. The number of ether oxygens (including phenoxy) is 3. The quantitative estimate of drug-likeness (QED) is 0.728. The molecule has 2 unspecified atom stereocenters. The first-order valence-corrected chi connectivity index (χ1v) is 12.0. The Hall–Kier alpha value is -2.45. The van der Waals surface area contributed by atoms with Gasteiger partial charge in [0.05, 0.1) is 24.8 Å². The van der Waals surface area contributed by atoms with Gasteiger partial charge in [0, 0.05) is 44.8 Å². The molecule has 0 aromatic heterocycles. The van der Waals surface area contributed by atoms with Crippen LogP contribution in [0.25, 0.3) is 0 Å². The molecule has 1 N–H and O–H groups in total. The van der Waals surface area contributed by atoms with Crippen LogP contribution in [-0.2, 0) is 26.7 Å². The van der Waals surface area contributed by atoms with Crippen LogP contribution in [-0.4, -0.2) is 74.2 Å². The van der Waals surface area contributed by atoms with Crippen molar-refractivity contribution in [2.24, 2.45) is 0 Å². The number of carbonyl (C=O) groups is 1. The van der Waals surface area contributed by atoms with Gasteiger partial charge in [-0.15, -0.1) is 0 Å². The topological polar surface area (TPSA) is 63.3 Å². The molecule has 3 aliphatic rings.